The zero-order valence-corrected chi connectivity index (χ0v) is 18.4. The van der Waals surface area contributed by atoms with Gasteiger partial charge in [0.1, 0.15) is 12.4 Å². The molecule has 0 saturated carbocycles. The van der Waals surface area contributed by atoms with Crippen molar-refractivity contribution in [3.8, 4) is 5.75 Å². The molecule has 0 unspecified atom stereocenters. The van der Waals surface area contributed by atoms with Gasteiger partial charge in [-0.25, -0.2) is 8.42 Å². The summed E-state index contributed by atoms with van der Waals surface area (Å²) in [6.07, 6.45) is 0. The molecule has 2 heterocycles. The maximum atomic E-state index is 13.4. The summed E-state index contributed by atoms with van der Waals surface area (Å²) in [5.74, 6) is 0.650. The minimum Gasteiger partial charge on any atom is -0.490 e. The Morgan fingerprint density at radius 1 is 0.862 bits per heavy atom. The van der Waals surface area contributed by atoms with Gasteiger partial charge in [-0.1, -0.05) is 12.1 Å². The van der Waals surface area contributed by atoms with Crippen LogP contribution in [-0.2, 0) is 10.0 Å². The predicted octanol–water partition coefficient (Wildman–Crippen LogP) is 2.95. The molecule has 0 atom stereocenters. The SMILES string of the molecule is Cc1ccc(C)c(N2CCN(S(=O)(=O)c3cc4c(cc3C)N(C)CCO4)CC2)c1. The second-order valence-electron chi connectivity index (χ2n) is 8.04. The first-order valence-electron chi connectivity index (χ1n) is 10.1. The predicted molar refractivity (Wildman–Crippen MR) is 117 cm³/mol. The third-order valence-electron chi connectivity index (χ3n) is 5.91. The van der Waals surface area contributed by atoms with E-state index in [1.807, 2.05) is 20.0 Å². The third-order valence-corrected chi connectivity index (χ3v) is 7.95. The van der Waals surface area contributed by atoms with Crippen LogP contribution in [0.15, 0.2) is 35.2 Å². The Morgan fingerprint density at radius 2 is 1.59 bits per heavy atom. The molecule has 0 spiro atoms. The van der Waals surface area contributed by atoms with E-state index in [1.54, 1.807) is 10.4 Å². The molecule has 0 bridgehead atoms. The highest BCUT2D eigenvalue weighted by atomic mass is 32.2. The minimum absolute atomic E-state index is 0.353. The topological polar surface area (TPSA) is 53.1 Å². The van der Waals surface area contributed by atoms with E-state index < -0.39 is 10.0 Å². The van der Waals surface area contributed by atoms with Crippen molar-refractivity contribution in [1.82, 2.24) is 4.31 Å². The number of ether oxygens (including phenoxy) is 1. The van der Waals surface area contributed by atoms with Gasteiger partial charge >= 0.3 is 0 Å². The van der Waals surface area contributed by atoms with Crippen molar-refractivity contribution < 1.29 is 13.2 Å². The van der Waals surface area contributed by atoms with E-state index in [2.05, 4.69) is 41.8 Å². The molecule has 0 amide bonds. The average molecular weight is 416 g/mol. The van der Waals surface area contributed by atoms with Gasteiger partial charge in [0, 0.05) is 45.0 Å². The first-order chi connectivity index (χ1) is 13.8. The van der Waals surface area contributed by atoms with Gasteiger partial charge in [-0.2, -0.15) is 4.31 Å². The molecule has 1 saturated heterocycles. The molecule has 2 aromatic carbocycles. The molecule has 0 aliphatic carbocycles. The van der Waals surface area contributed by atoms with Gasteiger partial charge < -0.3 is 14.5 Å². The van der Waals surface area contributed by atoms with Crippen LogP contribution in [-0.4, -0.2) is 59.1 Å². The molecule has 7 heteroatoms. The molecule has 1 fully saturated rings. The molecular formula is C22H29N3O3S. The molecule has 2 aliphatic rings. The van der Waals surface area contributed by atoms with Crippen molar-refractivity contribution >= 4 is 21.4 Å². The molecule has 0 radical (unpaired) electrons. The summed E-state index contributed by atoms with van der Waals surface area (Å²) in [4.78, 5) is 4.74. The Labute approximate surface area is 173 Å². The largest absolute Gasteiger partial charge is 0.490 e. The highest BCUT2D eigenvalue weighted by Gasteiger charge is 2.31. The van der Waals surface area contributed by atoms with Crippen LogP contribution in [0.25, 0.3) is 0 Å². The maximum Gasteiger partial charge on any atom is 0.243 e. The van der Waals surface area contributed by atoms with Crippen LogP contribution >= 0.6 is 0 Å². The van der Waals surface area contributed by atoms with Gasteiger partial charge in [0.2, 0.25) is 10.0 Å². The zero-order valence-electron chi connectivity index (χ0n) is 17.6. The van der Waals surface area contributed by atoms with Crippen LogP contribution < -0.4 is 14.5 Å². The van der Waals surface area contributed by atoms with E-state index >= 15 is 0 Å². The smallest absolute Gasteiger partial charge is 0.243 e. The monoisotopic (exact) mass is 415 g/mol. The highest BCUT2D eigenvalue weighted by Crippen LogP contribution is 2.36. The summed E-state index contributed by atoms with van der Waals surface area (Å²) in [7, 11) is -1.56. The lowest BCUT2D eigenvalue weighted by atomic mass is 10.1. The van der Waals surface area contributed by atoms with Crippen LogP contribution in [0.4, 0.5) is 11.4 Å². The molecule has 6 nitrogen and oxygen atoms in total. The van der Waals surface area contributed by atoms with E-state index in [9.17, 15) is 8.42 Å². The Balaban J connectivity index is 1.56. The number of rotatable bonds is 3. The van der Waals surface area contributed by atoms with E-state index in [-0.39, 0.29) is 0 Å². The van der Waals surface area contributed by atoms with Crippen LogP contribution in [0, 0.1) is 20.8 Å². The van der Waals surface area contributed by atoms with Gasteiger partial charge in [-0.15, -0.1) is 0 Å². The number of anilines is 2. The fraction of sp³-hybridized carbons (Fsp3) is 0.455. The Kier molecular flexibility index (Phi) is 5.21. The lowest BCUT2D eigenvalue weighted by Crippen LogP contribution is -2.49. The van der Waals surface area contributed by atoms with Crippen molar-refractivity contribution in [3.63, 3.8) is 0 Å². The van der Waals surface area contributed by atoms with Crippen molar-refractivity contribution in [2.45, 2.75) is 25.7 Å². The number of hydrogen-bond donors (Lipinski definition) is 0. The van der Waals surface area contributed by atoms with E-state index in [0.29, 0.717) is 43.4 Å². The summed E-state index contributed by atoms with van der Waals surface area (Å²) < 4.78 is 34.1. The summed E-state index contributed by atoms with van der Waals surface area (Å²) in [5.41, 5.74) is 5.35. The standard InChI is InChI=1S/C22H29N3O3S/c1-16-5-6-17(2)19(13-16)24-7-9-25(10-8-24)29(26,27)22-15-21-20(14-18(22)3)23(4)11-12-28-21/h5-6,13-15H,7-12H2,1-4H3. The number of sulfonamides is 1. The Hall–Kier alpha value is -2.25. The lowest BCUT2D eigenvalue weighted by molar-refractivity contribution is 0.310. The normalized spacial score (nSPS) is 17.8. The maximum absolute atomic E-state index is 13.4. The van der Waals surface area contributed by atoms with Crippen LogP contribution in [0.1, 0.15) is 16.7 Å². The van der Waals surface area contributed by atoms with Crippen LogP contribution in [0.5, 0.6) is 5.75 Å². The molecule has 2 aromatic rings. The molecule has 156 valence electrons. The first-order valence-corrected chi connectivity index (χ1v) is 11.5. The summed E-state index contributed by atoms with van der Waals surface area (Å²) in [6, 6.07) is 10.0. The van der Waals surface area contributed by atoms with Gasteiger partial charge in [-0.05, 0) is 49.6 Å². The number of hydrogen-bond acceptors (Lipinski definition) is 5. The van der Waals surface area contributed by atoms with E-state index in [0.717, 1.165) is 17.8 Å². The molecule has 29 heavy (non-hydrogen) atoms. The fourth-order valence-corrected chi connectivity index (χ4v) is 5.77. The van der Waals surface area contributed by atoms with Gasteiger partial charge in [-0.3, -0.25) is 0 Å². The third kappa shape index (κ3) is 3.69. The fourth-order valence-electron chi connectivity index (χ4n) is 4.13. The quantitative estimate of drug-likeness (QED) is 0.772. The van der Waals surface area contributed by atoms with Crippen molar-refractivity contribution in [3.05, 3.63) is 47.0 Å². The minimum atomic E-state index is -3.56. The number of fused-ring (bicyclic) bond motifs is 1. The van der Waals surface area contributed by atoms with Crippen LogP contribution in [0.2, 0.25) is 0 Å². The number of aryl methyl sites for hydroxylation is 3. The molecule has 2 aliphatic heterocycles. The Bertz CT molecular complexity index is 1030. The number of nitrogens with zero attached hydrogens (tertiary/aromatic N) is 3. The average Bonchev–Trinajstić information content (AvgIpc) is 2.70. The number of benzene rings is 2. The second kappa shape index (κ2) is 7.54. The van der Waals surface area contributed by atoms with Crippen molar-refractivity contribution in [2.75, 3.05) is 56.2 Å². The molecule has 0 N–H and O–H groups in total. The second-order valence-corrected chi connectivity index (χ2v) is 9.94. The molecular weight excluding hydrogens is 386 g/mol. The van der Waals surface area contributed by atoms with Gasteiger partial charge in [0.25, 0.3) is 0 Å². The molecule has 4 rings (SSSR count). The van der Waals surface area contributed by atoms with Crippen molar-refractivity contribution in [1.29, 1.82) is 0 Å². The van der Waals surface area contributed by atoms with Gasteiger partial charge in [0.05, 0.1) is 17.1 Å². The van der Waals surface area contributed by atoms with Crippen molar-refractivity contribution in [2.24, 2.45) is 0 Å². The van der Waals surface area contributed by atoms with E-state index in [4.69, 9.17) is 4.74 Å². The highest BCUT2D eigenvalue weighted by molar-refractivity contribution is 7.89. The summed E-state index contributed by atoms with van der Waals surface area (Å²) in [6.45, 7) is 9.76. The van der Waals surface area contributed by atoms with E-state index in [1.165, 1.54) is 16.8 Å². The zero-order chi connectivity index (χ0) is 20.8. The molecule has 0 aromatic heterocycles. The first kappa shape index (κ1) is 20.0. The van der Waals surface area contributed by atoms with Gasteiger partial charge in [0.15, 0.2) is 0 Å². The number of piperazine rings is 1. The Morgan fingerprint density at radius 3 is 2.31 bits per heavy atom. The number of likely N-dealkylation sites (N-methyl/N-ethyl adjacent to an activating group) is 1. The summed E-state index contributed by atoms with van der Waals surface area (Å²) in [5, 5.41) is 0. The van der Waals surface area contributed by atoms with Crippen LogP contribution in [0.3, 0.4) is 0 Å². The lowest BCUT2D eigenvalue weighted by Gasteiger charge is -2.36. The summed E-state index contributed by atoms with van der Waals surface area (Å²) >= 11 is 0.